The van der Waals surface area contributed by atoms with Gasteiger partial charge in [-0.3, -0.25) is 4.79 Å². The maximum atomic E-state index is 11.8. The highest BCUT2D eigenvalue weighted by atomic mass is 79.9. The van der Waals surface area contributed by atoms with Crippen LogP contribution in [-0.2, 0) is 4.79 Å². The zero-order chi connectivity index (χ0) is 18.4. The third-order valence-corrected chi connectivity index (χ3v) is 4.54. The first-order valence-corrected chi connectivity index (χ1v) is 9.33. The first kappa shape index (κ1) is 18.4. The summed E-state index contributed by atoms with van der Waals surface area (Å²) >= 11 is 6.75. The Kier molecular flexibility index (Phi) is 6.25. The van der Waals surface area contributed by atoms with Crippen molar-refractivity contribution in [3.8, 4) is 11.4 Å². The van der Waals surface area contributed by atoms with E-state index in [-0.39, 0.29) is 12.5 Å². The summed E-state index contributed by atoms with van der Waals surface area (Å²) in [5.74, 6) is 0.255. The van der Waals surface area contributed by atoms with Gasteiger partial charge in [-0.1, -0.05) is 34.1 Å². The average Bonchev–Trinajstić information content (AvgIpc) is 3.11. The summed E-state index contributed by atoms with van der Waals surface area (Å²) in [4.78, 5) is 11.8. The molecule has 0 spiro atoms. The van der Waals surface area contributed by atoms with Gasteiger partial charge in [0.25, 0.3) is 5.91 Å². The summed E-state index contributed by atoms with van der Waals surface area (Å²) in [6, 6.07) is 17.3. The Morgan fingerprint density at radius 3 is 2.73 bits per heavy atom. The number of ether oxygens (including phenoxy) is 1. The SMILES string of the molecule is O=C(COc1ccc(Br)cc1Br)N/N=C/c1ccn(-c2ccccc2)c1. The molecule has 26 heavy (non-hydrogen) atoms. The maximum Gasteiger partial charge on any atom is 0.277 e. The van der Waals surface area contributed by atoms with Gasteiger partial charge in [-0.05, 0) is 52.3 Å². The largest absolute Gasteiger partial charge is 0.483 e. The third kappa shape index (κ3) is 5.06. The number of nitrogens with one attached hydrogen (secondary N) is 1. The van der Waals surface area contributed by atoms with Gasteiger partial charge in [0, 0.05) is 28.1 Å². The molecule has 3 rings (SSSR count). The van der Waals surface area contributed by atoms with Crippen LogP contribution in [0.2, 0.25) is 0 Å². The van der Waals surface area contributed by atoms with Gasteiger partial charge in [0.1, 0.15) is 5.75 Å². The van der Waals surface area contributed by atoms with Crippen LogP contribution in [0, 0.1) is 0 Å². The molecule has 1 heterocycles. The number of hydrogen-bond acceptors (Lipinski definition) is 3. The maximum absolute atomic E-state index is 11.8. The van der Waals surface area contributed by atoms with Crippen LogP contribution in [0.4, 0.5) is 0 Å². The summed E-state index contributed by atoms with van der Waals surface area (Å²) in [7, 11) is 0. The first-order chi connectivity index (χ1) is 12.6. The van der Waals surface area contributed by atoms with Crippen molar-refractivity contribution in [1.29, 1.82) is 0 Å². The Labute approximate surface area is 167 Å². The summed E-state index contributed by atoms with van der Waals surface area (Å²) in [5, 5.41) is 3.96. The van der Waals surface area contributed by atoms with Crippen molar-refractivity contribution in [3.05, 3.63) is 81.5 Å². The molecule has 3 aromatic rings. The molecule has 1 aromatic heterocycles. The third-order valence-electron chi connectivity index (χ3n) is 3.43. The Bertz CT molecular complexity index is 924. The molecule has 0 aliphatic heterocycles. The number of hydrogen-bond donors (Lipinski definition) is 1. The van der Waals surface area contributed by atoms with Gasteiger partial charge in [-0.2, -0.15) is 5.10 Å². The molecule has 5 nitrogen and oxygen atoms in total. The molecule has 2 aromatic carbocycles. The second kappa shape index (κ2) is 8.82. The highest BCUT2D eigenvalue weighted by Crippen LogP contribution is 2.28. The molecule has 0 unspecified atom stereocenters. The van der Waals surface area contributed by atoms with Crippen LogP contribution in [-0.4, -0.2) is 23.3 Å². The summed E-state index contributed by atoms with van der Waals surface area (Å²) in [6.07, 6.45) is 5.46. The van der Waals surface area contributed by atoms with Crippen LogP contribution in [0.25, 0.3) is 5.69 Å². The summed E-state index contributed by atoms with van der Waals surface area (Å²) in [5.41, 5.74) is 4.39. The van der Waals surface area contributed by atoms with Crippen molar-refractivity contribution in [2.24, 2.45) is 5.10 Å². The zero-order valence-corrected chi connectivity index (χ0v) is 16.8. The second-order valence-electron chi connectivity index (χ2n) is 5.34. The minimum absolute atomic E-state index is 0.122. The van der Waals surface area contributed by atoms with Gasteiger partial charge < -0.3 is 9.30 Å². The Balaban J connectivity index is 1.50. The number of carbonyl (C=O) groups is 1. The van der Waals surface area contributed by atoms with Crippen molar-refractivity contribution >= 4 is 44.0 Å². The van der Waals surface area contributed by atoms with Crippen molar-refractivity contribution in [2.45, 2.75) is 0 Å². The number of aromatic nitrogens is 1. The van der Waals surface area contributed by atoms with Crippen LogP contribution in [0.3, 0.4) is 0 Å². The van der Waals surface area contributed by atoms with Crippen molar-refractivity contribution in [2.75, 3.05) is 6.61 Å². The molecule has 0 saturated heterocycles. The molecular weight excluding hydrogens is 462 g/mol. The molecule has 1 N–H and O–H groups in total. The fourth-order valence-corrected chi connectivity index (χ4v) is 3.36. The quantitative estimate of drug-likeness (QED) is 0.419. The predicted octanol–water partition coefficient (Wildman–Crippen LogP) is 4.53. The van der Waals surface area contributed by atoms with Gasteiger partial charge in [-0.25, -0.2) is 5.43 Å². The minimum atomic E-state index is -0.335. The van der Waals surface area contributed by atoms with Crippen LogP contribution in [0.5, 0.6) is 5.75 Å². The number of para-hydroxylation sites is 1. The fraction of sp³-hybridized carbons (Fsp3) is 0.0526. The lowest BCUT2D eigenvalue weighted by molar-refractivity contribution is -0.123. The van der Waals surface area contributed by atoms with E-state index in [2.05, 4.69) is 42.4 Å². The molecular formula is C19H15Br2N3O2. The van der Waals surface area contributed by atoms with E-state index in [1.165, 1.54) is 0 Å². The molecule has 132 valence electrons. The number of halogens is 2. The Morgan fingerprint density at radius 2 is 1.96 bits per heavy atom. The van der Waals surface area contributed by atoms with E-state index in [1.807, 2.05) is 65.5 Å². The molecule has 0 atom stereocenters. The molecule has 0 aliphatic rings. The van der Waals surface area contributed by atoms with Crippen LogP contribution in [0.1, 0.15) is 5.56 Å². The number of hydrazone groups is 1. The Hall–Kier alpha value is -2.38. The van der Waals surface area contributed by atoms with Crippen molar-refractivity contribution in [1.82, 2.24) is 9.99 Å². The topological polar surface area (TPSA) is 55.6 Å². The summed E-state index contributed by atoms with van der Waals surface area (Å²) < 4.78 is 9.14. The normalized spacial score (nSPS) is 10.8. The standard InChI is InChI=1S/C19H15Br2N3O2/c20-15-6-7-18(17(21)10-15)26-13-19(25)23-22-11-14-8-9-24(12-14)16-4-2-1-3-5-16/h1-12H,13H2,(H,23,25)/b22-11+. The molecule has 0 bridgehead atoms. The van der Waals surface area contributed by atoms with E-state index in [9.17, 15) is 4.79 Å². The van der Waals surface area contributed by atoms with E-state index >= 15 is 0 Å². The van der Waals surface area contributed by atoms with E-state index in [0.29, 0.717) is 5.75 Å². The minimum Gasteiger partial charge on any atom is -0.483 e. The van der Waals surface area contributed by atoms with Crippen LogP contribution >= 0.6 is 31.9 Å². The van der Waals surface area contributed by atoms with Gasteiger partial charge in [0.05, 0.1) is 10.7 Å². The summed E-state index contributed by atoms with van der Waals surface area (Å²) in [6.45, 7) is -0.122. The number of benzene rings is 2. The van der Waals surface area contributed by atoms with Gasteiger partial charge in [0.2, 0.25) is 0 Å². The molecule has 1 amide bonds. The molecule has 7 heteroatoms. The smallest absolute Gasteiger partial charge is 0.277 e. The number of carbonyl (C=O) groups excluding carboxylic acids is 1. The van der Waals surface area contributed by atoms with E-state index in [1.54, 1.807) is 12.3 Å². The van der Waals surface area contributed by atoms with Gasteiger partial charge >= 0.3 is 0 Å². The number of nitrogens with zero attached hydrogens (tertiary/aromatic N) is 2. The number of amides is 1. The highest BCUT2D eigenvalue weighted by molar-refractivity contribution is 9.11. The van der Waals surface area contributed by atoms with Crippen molar-refractivity contribution in [3.63, 3.8) is 0 Å². The van der Waals surface area contributed by atoms with Gasteiger partial charge in [0.15, 0.2) is 6.61 Å². The Morgan fingerprint density at radius 1 is 1.15 bits per heavy atom. The lowest BCUT2D eigenvalue weighted by Crippen LogP contribution is -2.24. The molecule has 0 saturated carbocycles. The van der Waals surface area contributed by atoms with E-state index < -0.39 is 0 Å². The van der Waals surface area contributed by atoms with E-state index in [0.717, 1.165) is 20.2 Å². The van der Waals surface area contributed by atoms with Gasteiger partial charge in [-0.15, -0.1) is 0 Å². The fourth-order valence-electron chi connectivity index (χ4n) is 2.20. The van der Waals surface area contributed by atoms with Crippen molar-refractivity contribution < 1.29 is 9.53 Å². The first-order valence-electron chi connectivity index (χ1n) is 7.75. The van der Waals surface area contributed by atoms with E-state index in [4.69, 9.17) is 4.74 Å². The average molecular weight is 477 g/mol. The van der Waals surface area contributed by atoms with Crippen LogP contribution in [0.15, 0.2) is 81.0 Å². The predicted molar refractivity (Wildman–Crippen MR) is 109 cm³/mol. The monoisotopic (exact) mass is 475 g/mol. The molecule has 0 aliphatic carbocycles. The lowest BCUT2D eigenvalue weighted by Gasteiger charge is -2.07. The lowest BCUT2D eigenvalue weighted by atomic mass is 10.3. The van der Waals surface area contributed by atoms with Crippen LogP contribution < -0.4 is 10.2 Å². The highest BCUT2D eigenvalue weighted by Gasteiger charge is 2.05. The zero-order valence-electron chi connectivity index (χ0n) is 13.6. The molecule has 0 fully saturated rings. The number of rotatable bonds is 6. The second-order valence-corrected chi connectivity index (χ2v) is 7.11. The molecule has 0 radical (unpaired) electrons.